The standard InChI is InChI=1S/C12H16N2O2/c13-10-3-1-2-8(6-10)9-4-5-11(12(15)16)14-7-9/h1-3,6,9,11,14H,4-5,7,13H2,(H,15,16). The quantitative estimate of drug-likeness (QED) is 0.654. The second kappa shape index (κ2) is 4.53. The van der Waals surface area contributed by atoms with E-state index in [1.54, 1.807) is 0 Å². The molecule has 4 N–H and O–H groups in total. The highest BCUT2D eigenvalue weighted by Gasteiger charge is 2.25. The number of nitrogen functional groups attached to an aromatic ring is 1. The van der Waals surface area contributed by atoms with E-state index in [1.165, 1.54) is 5.56 Å². The van der Waals surface area contributed by atoms with Gasteiger partial charge in [0.1, 0.15) is 6.04 Å². The molecule has 1 heterocycles. The molecule has 4 nitrogen and oxygen atoms in total. The van der Waals surface area contributed by atoms with Crippen LogP contribution in [0.15, 0.2) is 24.3 Å². The summed E-state index contributed by atoms with van der Waals surface area (Å²) in [6.07, 6.45) is 1.57. The van der Waals surface area contributed by atoms with Crippen molar-refractivity contribution in [1.82, 2.24) is 5.32 Å². The fourth-order valence-corrected chi connectivity index (χ4v) is 2.16. The lowest BCUT2D eigenvalue weighted by atomic mass is 9.88. The van der Waals surface area contributed by atoms with E-state index in [2.05, 4.69) is 5.32 Å². The van der Waals surface area contributed by atoms with Gasteiger partial charge < -0.3 is 16.2 Å². The highest BCUT2D eigenvalue weighted by molar-refractivity contribution is 5.73. The maximum Gasteiger partial charge on any atom is 0.320 e. The van der Waals surface area contributed by atoms with E-state index < -0.39 is 12.0 Å². The van der Waals surface area contributed by atoms with Crippen molar-refractivity contribution in [2.45, 2.75) is 24.8 Å². The van der Waals surface area contributed by atoms with Crippen molar-refractivity contribution in [3.63, 3.8) is 0 Å². The number of carboxylic acids is 1. The molecule has 16 heavy (non-hydrogen) atoms. The van der Waals surface area contributed by atoms with Gasteiger partial charge in [-0.3, -0.25) is 4.79 Å². The molecule has 2 unspecified atom stereocenters. The summed E-state index contributed by atoms with van der Waals surface area (Å²) >= 11 is 0. The Morgan fingerprint density at radius 3 is 2.81 bits per heavy atom. The van der Waals surface area contributed by atoms with Gasteiger partial charge in [-0.2, -0.15) is 0 Å². The van der Waals surface area contributed by atoms with Crippen molar-refractivity contribution in [3.8, 4) is 0 Å². The number of nitrogens with one attached hydrogen (secondary N) is 1. The van der Waals surface area contributed by atoms with Crippen LogP contribution in [0.3, 0.4) is 0 Å². The summed E-state index contributed by atoms with van der Waals surface area (Å²) in [6.45, 7) is 0.709. The van der Waals surface area contributed by atoms with Crippen LogP contribution in [0.25, 0.3) is 0 Å². The Hall–Kier alpha value is -1.55. The lowest BCUT2D eigenvalue weighted by Crippen LogP contribution is -2.43. The van der Waals surface area contributed by atoms with Crippen LogP contribution in [-0.4, -0.2) is 23.7 Å². The molecule has 0 saturated carbocycles. The van der Waals surface area contributed by atoms with Crippen LogP contribution in [0.2, 0.25) is 0 Å². The number of anilines is 1. The van der Waals surface area contributed by atoms with Crippen LogP contribution in [0.5, 0.6) is 0 Å². The molecule has 1 saturated heterocycles. The zero-order valence-electron chi connectivity index (χ0n) is 9.02. The van der Waals surface area contributed by atoms with E-state index in [1.807, 2.05) is 24.3 Å². The number of carbonyl (C=O) groups is 1. The molecule has 1 aromatic rings. The van der Waals surface area contributed by atoms with Gasteiger partial charge in [0.05, 0.1) is 0 Å². The van der Waals surface area contributed by atoms with Crippen molar-refractivity contribution in [3.05, 3.63) is 29.8 Å². The maximum atomic E-state index is 10.8. The molecule has 1 fully saturated rings. The molecule has 0 radical (unpaired) electrons. The van der Waals surface area contributed by atoms with Gasteiger partial charge in [-0.05, 0) is 36.5 Å². The predicted octanol–water partition coefficient (Wildman–Crippen LogP) is 1.19. The molecular weight excluding hydrogens is 204 g/mol. The Kier molecular flexibility index (Phi) is 3.10. The monoisotopic (exact) mass is 220 g/mol. The third kappa shape index (κ3) is 2.33. The molecule has 1 aromatic carbocycles. The number of piperidine rings is 1. The van der Waals surface area contributed by atoms with Gasteiger partial charge in [-0.1, -0.05) is 12.1 Å². The lowest BCUT2D eigenvalue weighted by molar-refractivity contribution is -0.140. The van der Waals surface area contributed by atoms with E-state index in [4.69, 9.17) is 10.8 Å². The second-order valence-electron chi connectivity index (χ2n) is 4.24. The molecule has 86 valence electrons. The Balaban J connectivity index is 2.01. The number of benzene rings is 1. The SMILES string of the molecule is Nc1cccc(C2CCC(C(=O)O)NC2)c1. The number of rotatable bonds is 2. The largest absolute Gasteiger partial charge is 0.480 e. The highest BCUT2D eigenvalue weighted by atomic mass is 16.4. The fourth-order valence-electron chi connectivity index (χ4n) is 2.16. The molecule has 0 spiro atoms. The minimum absolute atomic E-state index is 0.374. The second-order valence-corrected chi connectivity index (χ2v) is 4.24. The van der Waals surface area contributed by atoms with Crippen molar-refractivity contribution in [1.29, 1.82) is 0 Å². The van der Waals surface area contributed by atoms with Gasteiger partial charge in [0.2, 0.25) is 0 Å². The van der Waals surface area contributed by atoms with E-state index >= 15 is 0 Å². The molecule has 1 aliphatic heterocycles. The first-order chi connectivity index (χ1) is 7.66. The third-order valence-electron chi connectivity index (χ3n) is 3.09. The first-order valence-corrected chi connectivity index (χ1v) is 5.48. The van der Waals surface area contributed by atoms with Gasteiger partial charge in [-0.15, -0.1) is 0 Å². The van der Waals surface area contributed by atoms with Crippen LogP contribution >= 0.6 is 0 Å². The summed E-state index contributed by atoms with van der Waals surface area (Å²) in [4.78, 5) is 10.8. The van der Waals surface area contributed by atoms with Gasteiger partial charge in [0, 0.05) is 12.2 Å². The Labute approximate surface area is 94.5 Å². The summed E-state index contributed by atoms with van der Waals surface area (Å²) < 4.78 is 0. The number of carboxylic acid groups (broad SMARTS) is 1. The van der Waals surface area contributed by atoms with E-state index in [0.29, 0.717) is 18.9 Å². The topological polar surface area (TPSA) is 75.4 Å². The molecule has 0 amide bonds. The van der Waals surface area contributed by atoms with Crippen molar-refractivity contribution in [2.75, 3.05) is 12.3 Å². The minimum Gasteiger partial charge on any atom is -0.480 e. The first-order valence-electron chi connectivity index (χ1n) is 5.48. The Morgan fingerprint density at radius 1 is 1.44 bits per heavy atom. The van der Waals surface area contributed by atoms with Gasteiger partial charge in [0.25, 0.3) is 0 Å². The predicted molar refractivity (Wildman–Crippen MR) is 62.3 cm³/mol. The van der Waals surface area contributed by atoms with E-state index in [0.717, 1.165) is 12.1 Å². The number of aliphatic carboxylic acids is 1. The highest BCUT2D eigenvalue weighted by Crippen LogP contribution is 2.26. The summed E-state index contributed by atoms with van der Waals surface area (Å²) in [5.41, 5.74) is 7.68. The summed E-state index contributed by atoms with van der Waals surface area (Å²) in [6, 6.07) is 7.42. The molecule has 2 rings (SSSR count). The third-order valence-corrected chi connectivity index (χ3v) is 3.09. The number of hydrogen-bond donors (Lipinski definition) is 3. The van der Waals surface area contributed by atoms with Gasteiger partial charge >= 0.3 is 5.97 Å². The molecule has 1 aliphatic rings. The molecule has 2 atom stereocenters. The number of hydrogen-bond acceptors (Lipinski definition) is 3. The minimum atomic E-state index is -0.758. The smallest absolute Gasteiger partial charge is 0.320 e. The molecule has 4 heteroatoms. The van der Waals surface area contributed by atoms with Crippen molar-refractivity contribution < 1.29 is 9.90 Å². The summed E-state index contributed by atoms with van der Waals surface area (Å²) in [5, 5.41) is 11.9. The van der Waals surface area contributed by atoms with Crippen molar-refractivity contribution >= 4 is 11.7 Å². The average Bonchev–Trinajstić information content (AvgIpc) is 2.29. The van der Waals surface area contributed by atoms with Crippen LogP contribution < -0.4 is 11.1 Å². The fraction of sp³-hybridized carbons (Fsp3) is 0.417. The zero-order chi connectivity index (χ0) is 11.5. The van der Waals surface area contributed by atoms with Crippen LogP contribution in [0.1, 0.15) is 24.3 Å². The maximum absolute atomic E-state index is 10.8. The zero-order valence-corrected chi connectivity index (χ0v) is 9.02. The lowest BCUT2D eigenvalue weighted by Gasteiger charge is -2.27. The first kappa shape index (κ1) is 11.0. The molecule has 0 aliphatic carbocycles. The number of nitrogens with two attached hydrogens (primary N) is 1. The Bertz CT molecular complexity index is 384. The van der Waals surface area contributed by atoms with E-state index in [-0.39, 0.29) is 0 Å². The van der Waals surface area contributed by atoms with Crippen LogP contribution in [0, 0.1) is 0 Å². The molecular formula is C12H16N2O2. The molecule has 0 bridgehead atoms. The van der Waals surface area contributed by atoms with Gasteiger partial charge in [0.15, 0.2) is 0 Å². The normalized spacial score (nSPS) is 25.2. The summed E-state index contributed by atoms with van der Waals surface area (Å²) in [7, 11) is 0. The summed E-state index contributed by atoms with van der Waals surface area (Å²) in [5.74, 6) is -0.384. The van der Waals surface area contributed by atoms with Crippen LogP contribution in [0.4, 0.5) is 5.69 Å². The molecule has 0 aromatic heterocycles. The van der Waals surface area contributed by atoms with Gasteiger partial charge in [-0.25, -0.2) is 0 Å². The Morgan fingerprint density at radius 2 is 2.25 bits per heavy atom. The van der Waals surface area contributed by atoms with Crippen LogP contribution in [-0.2, 0) is 4.79 Å². The van der Waals surface area contributed by atoms with E-state index in [9.17, 15) is 4.79 Å². The van der Waals surface area contributed by atoms with Crippen molar-refractivity contribution in [2.24, 2.45) is 0 Å². The average molecular weight is 220 g/mol.